The number of furan rings is 1. The van der Waals surface area contributed by atoms with Crippen molar-refractivity contribution < 1.29 is 23.4 Å². The molecule has 0 amide bonds. The number of benzene rings is 3. The molecule has 5 heteroatoms. The van der Waals surface area contributed by atoms with E-state index in [1.54, 1.807) is 14.2 Å². The molecule has 0 bridgehead atoms. The van der Waals surface area contributed by atoms with Crippen LogP contribution >= 0.6 is 0 Å². The first-order valence-corrected chi connectivity index (χ1v) is 9.75. The lowest BCUT2D eigenvalue weighted by Gasteiger charge is -2.08. The highest BCUT2D eigenvalue weighted by Gasteiger charge is 2.29. The van der Waals surface area contributed by atoms with E-state index in [1.165, 1.54) is 7.11 Å². The highest BCUT2D eigenvalue weighted by molar-refractivity contribution is 6.06. The number of carbonyl (C=O) groups excluding carboxylic acids is 1. The summed E-state index contributed by atoms with van der Waals surface area (Å²) in [6.45, 7) is 0. The van der Waals surface area contributed by atoms with Gasteiger partial charge in [-0.1, -0.05) is 42.5 Å². The van der Waals surface area contributed by atoms with Crippen LogP contribution in [0.2, 0.25) is 0 Å². The zero-order valence-electron chi connectivity index (χ0n) is 17.5. The van der Waals surface area contributed by atoms with Gasteiger partial charge in [-0.15, -0.1) is 0 Å². The lowest BCUT2D eigenvalue weighted by Crippen LogP contribution is -2.03. The third-order valence-electron chi connectivity index (χ3n) is 5.06. The zero-order chi connectivity index (χ0) is 21.8. The molecule has 1 heterocycles. The maximum absolute atomic E-state index is 12.9. The Morgan fingerprint density at radius 2 is 1.16 bits per heavy atom. The van der Waals surface area contributed by atoms with E-state index < -0.39 is 5.97 Å². The number of carbonyl (C=O) groups is 1. The maximum atomic E-state index is 12.9. The number of hydrogen-bond donors (Lipinski definition) is 0. The SMILES string of the molecule is COC(=O)c1c(-c2ccccc2)oc(-c2ccc(OC)cc2)c1-c1ccc(OC)cc1. The fourth-order valence-corrected chi connectivity index (χ4v) is 3.50. The summed E-state index contributed by atoms with van der Waals surface area (Å²) in [6, 6.07) is 24.5. The standard InChI is InChI=1S/C26H22O5/c1-28-20-13-9-17(10-14-20)22-23(26(27)30-3)25(18-7-5-4-6-8-18)31-24(22)19-11-15-21(29-2)16-12-19/h4-16H,1-3H3. The lowest BCUT2D eigenvalue weighted by atomic mass is 9.95. The number of ether oxygens (including phenoxy) is 3. The van der Waals surface area contributed by atoms with E-state index in [1.807, 2.05) is 78.9 Å². The van der Waals surface area contributed by atoms with Gasteiger partial charge in [-0.3, -0.25) is 0 Å². The minimum atomic E-state index is -0.465. The molecule has 3 aromatic carbocycles. The molecule has 0 radical (unpaired) electrons. The molecule has 0 N–H and O–H groups in total. The van der Waals surface area contributed by atoms with Crippen LogP contribution in [0, 0.1) is 0 Å². The van der Waals surface area contributed by atoms with Crippen molar-refractivity contribution in [2.45, 2.75) is 0 Å². The molecule has 0 saturated heterocycles. The van der Waals surface area contributed by atoms with E-state index in [0.29, 0.717) is 22.6 Å². The maximum Gasteiger partial charge on any atom is 0.342 e. The van der Waals surface area contributed by atoms with Gasteiger partial charge < -0.3 is 18.6 Å². The molecule has 0 atom stereocenters. The van der Waals surface area contributed by atoms with Crippen molar-refractivity contribution in [2.24, 2.45) is 0 Å². The van der Waals surface area contributed by atoms with Gasteiger partial charge in [0.2, 0.25) is 0 Å². The fourth-order valence-electron chi connectivity index (χ4n) is 3.50. The van der Waals surface area contributed by atoms with Gasteiger partial charge in [-0.2, -0.15) is 0 Å². The molecule has 0 spiro atoms. The minimum Gasteiger partial charge on any atom is -0.497 e. The molecule has 0 aliphatic heterocycles. The van der Waals surface area contributed by atoms with E-state index in [9.17, 15) is 4.79 Å². The zero-order valence-corrected chi connectivity index (χ0v) is 17.5. The molecule has 0 aliphatic rings. The molecule has 5 nitrogen and oxygen atoms in total. The van der Waals surface area contributed by atoms with Crippen molar-refractivity contribution in [3.05, 3.63) is 84.4 Å². The fraction of sp³-hybridized carbons (Fsp3) is 0.115. The number of methoxy groups -OCH3 is 3. The number of esters is 1. The third kappa shape index (κ3) is 3.90. The molecule has 0 fully saturated rings. The number of hydrogen-bond acceptors (Lipinski definition) is 5. The summed E-state index contributed by atoms with van der Waals surface area (Å²) in [6.07, 6.45) is 0. The molecule has 4 aromatic rings. The van der Waals surface area contributed by atoms with E-state index in [2.05, 4.69) is 0 Å². The Labute approximate surface area is 180 Å². The van der Waals surface area contributed by atoms with Crippen LogP contribution in [-0.4, -0.2) is 27.3 Å². The van der Waals surface area contributed by atoms with Gasteiger partial charge in [0, 0.05) is 16.7 Å². The van der Waals surface area contributed by atoms with Crippen molar-refractivity contribution in [1.82, 2.24) is 0 Å². The Morgan fingerprint density at radius 1 is 0.645 bits per heavy atom. The molecular formula is C26H22O5. The minimum absolute atomic E-state index is 0.379. The Bertz CT molecular complexity index is 1170. The van der Waals surface area contributed by atoms with Crippen molar-refractivity contribution in [2.75, 3.05) is 21.3 Å². The summed E-state index contributed by atoms with van der Waals surface area (Å²) in [7, 11) is 4.60. The highest BCUT2D eigenvalue weighted by Crippen LogP contribution is 2.44. The second-order valence-electron chi connectivity index (χ2n) is 6.82. The monoisotopic (exact) mass is 414 g/mol. The second-order valence-corrected chi connectivity index (χ2v) is 6.82. The summed E-state index contributed by atoms with van der Waals surface area (Å²) in [5.41, 5.74) is 3.47. The second kappa shape index (κ2) is 8.79. The molecule has 31 heavy (non-hydrogen) atoms. The van der Waals surface area contributed by atoms with Gasteiger partial charge in [0.05, 0.1) is 21.3 Å². The summed E-state index contributed by atoms with van der Waals surface area (Å²) in [5, 5.41) is 0. The smallest absolute Gasteiger partial charge is 0.342 e. The first kappa shape index (κ1) is 20.3. The van der Waals surface area contributed by atoms with Crippen LogP contribution in [0.25, 0.3) is 33.8 Å². The quantitative estimate of drug-likeness (QED) is 0.358. The van der Waals surface area contributed by atoms with E-state index in [4.69, 9.17) is 18.6 Å². The van der Waals surface area contributed by atoms with Crippen LogP contribution in [-0.2, 0) is 4.74 Å². The summed E-state index contributed by atoms with van der Waals surface area (Å²) in [5.74, 6) is 2.03. The topological polar surface area (TPSA) is 57.9 Å². The van der Waals surface area contributed by atoms with E-state index >= 15 is 0 Å². The Balaban J connectivity index is 2.01. The largest absolute Gasteiger partial charge is 0.497 e. The van der Waals surface area contributed by atoms with Gasteiger partial charge in [0.1, 0.15) is 28.6 Å². The summed E-state index contributed by atoms with van der Waals surface area (Å²) < 4.78 is 22.1. The van der Waals surface area contributed by atoms with Crippen LogP contribution in [0.1, 0.15) is 10.4 Å². The highest BCUT2D eigenvalue weighted by atomic mass is 16.5. The molecule has 156 valence electrons. The van der Waals surface area contributed by atoms with Crippen LogP contribution in [0.15, 0.2) is 83.3 Å². The normalized spacial score (nSPS) is 10.5. The molecule has 0 aliphatic carbocycles. The lowest BCUT2D eigenvalue weighted by molar-refractivity contribution is 0.0602. The predicted octanol–water partition coefficient (Wildman–Crippen LogP) is 6.08. The van der Waals surface area contributed by atoms with E-state index in [-0.39, 0.29) is 0 Å². The van der Waals surface area contributed by atoms with Crippen LogP contribution in [0.4, 0.5) is 0 Å². The summed E-state index contributed by atoms with van der Waals surface area (Å²) >= 11 is 0. The molecule has 4 rings (SSSR count). The average Bonchev–Trinajstić information content (AvgIpc) is 3.25. The van der Waals surface area contributed by atoms with Gasteiger partial charge in [-0.25, -0.2) is 4.79 Å². The van der Waals surface area contributed by atoms with Crippen molar-refractivity contribution >= 4 is 5.97 Å². The van der Waals surface area contributed by atoms with Gasteiger partial charge in [0.25, 0.3) is 0 Å². The molecule has 0 saturated carbocycles. The average molecular weight is 414 g/mol. The van der Waals surface area contributed by atoms with Crippen molar-refractivity contribution in [3.8, 4) is 45.3 Å². The Hall–Kier alpha value is -3.99. The van der Waals surface area contributed by atoms with Crippen LogP contribution in [0.5, 0.6) is 11.5 Å². The predicted molar refractivity (Wildman–Crippen MR) is 119 cm³/mol. The first-order chi connectivity index (χ1) is 15.2. The molecule has 0 unspecified atom stereocenters. The van der Waals surface area contributed by atoms with Crippen molar-refractivity contribution in [3.63, 3.8) is 0 Å². The molecule has 1 aromatic heterocycles. The summed E-state index contributed by atoms with van der Waals surface area (Å²) in [4.78, 5) is 12.9. The van der Waals surface area contributed by atoms with E-state index in [0.717, 1.165) is 28.2 Å². The van der Waals surface area contributed by atoms with Crippen molar-refractivity contribution in [1.29, 1.82) is 0 Å². The van der Waals surface area contributed by atoms with Gasteiger partial charge in [-0.05, 0) is 42.0 Å². The Morgan fingerprint density at radius 3 is 1.68 bits per heavy atom. The van der Waals surface area contributed by atoms with Gasteiger partial charge >= 0.3 is 5.97 Å². The first-order valence-electron chi connectivity index (χ1n) is 9.75. The number of rotatable bonds is 6. The third-order valence-corrected chi connectivity index (χ3v) is 5.06. The molecular weight excluding hydrogens is 392 g/mol. The van der Waals surface area contributed by atoms with Crippen LogP contribution in [0.3, 0.4) is 0 Å². The van der Waals surface area contributed by atoms with Crippen LogP contribution < -0.4 is 9.47 Å². The Kier molecular flexibility index (Phi) is 5.76. The van der Waals surface area contributed by atoms with Gasteiger partial charge in [0.15, 0.2) is 0 Å².